The van der Waals surface area contributed by atoms with Crippen LogP contribution in [-0.2, 0) is 81.5 Å². The molecule has 3 saturated carbocycles. The number of likely N-dealkylation sites (tertiary alicyclic amines) is 1. The van der Waals surface area contributed by atoms with Crippen molar-refractivity contribution in [2.75, 3.05) is 49.8 Å². The van der Waals surface area contributed by atoms with Gasteiger partial charge in [0.1, 0.15) is 78.5 Å². The molecule has 4 aliphatic heterocycles. The van der Waals surface area contributed by atoms with Gasteiger partial charge in [-0.05, 0) is 145 Å². The molecule has 0 aromatic heterocycles. The van der Waals surface area contributed by atoms with E-state index in [0.717, 1.165) is 99.1 Å². The second kappa shape index (κ2) is 46.0. The summed E-state index contributed by atoms with van der Waals surface area (Å²) in [5.74, 6) is -18.5. The van der Waals surface area contributed by atoms with Crippen LogP contribution in [0.25, 0.3) is 0 Å². The van der Waals surface area contributed by atoms with Gasteiger partial charge in [0.05, 0.1) is 19.4 Å². The summed E-state index contributed by atoms with van der Waals surface area (Å²) >= 11 is 1.35. The van der Waals surface area contributed by atoms with Gasteiger partial charge < -0.3 is 106 Å². The number of carboxylic acid groups (broad SMARTS) is 2. The molecule has 0 aromatic rings. The van der Waals surface area contributed by atoms with Crippen LogP contribution in [0.2, 0.25) is 0 Å². The van der Waals surface area contributed by atoms with Crippen molar-refractivity contribution in [3.8, 4) is 0 Å². The number of carboxylic acids is 2. The number of carbonyl (C=O) groups is 17. The smallest absolute Gasteiger partial charge is 0.305 e. The lowest BCUT2D eigenvalue weighted by Crippen LogP contribution is -2.61. The average molecular weight is 1660 g/mol. The molecule has 0 spiro atoms. The van der Waals surface area contributed by atoms with Gasteiger partial charge >= 0.3 is 11.9 Å². The Labute approximate surface area is 675 Å². The highest BCUT2D eigenvalue weighted by molar-refractivity contribution is 8.76. The molecule has 7 aliphatic rings. The number of amides is 15. The Kier molecular flexibility index (Phi) is 37.6. The van der Waals surface area contributed by atoms with Gasteiger partial charge in [0.25, 0.3) is 0 Å². The Morgan fingerprint density at radius 1 is 0.553 bits per heavy atom. The van der Waals surface area contributed by atoms with Gasteiger partial charge in [0.15, 0.2) is 0 Å². The predicted octanol–water partition coefficient (Wildman–Crippen LogP) is -2.97. The first-order valence-corrected chi connectivity index (χ1v) is 43.9. The fraction of sp³-hybridized carbons (Fsp3) is 0.770. The number of nitrogens with zero attached hydrogens (tertiary/aromatic N) is 1. The summed E-state index contributed by atoms with van der Waals surface area (Å²) < 4.78 is 0. The third-order valence-electron chi connectivity index (χ3n) is 22.6. The average Bonchev–Trinajstić information content (AvgIpc) is 1.67. The number of nitrogens with one attached hydrogen (secondary N) is 14. The number of rotatable bonds is 32. The van der Waals surface area contributed by atoms with E-state index >= 15 is 19.2 Å². The third kappa shape index (κ3) is 28.7. The normalized spacial score (nSPS) is 28.4. The summed E-state index contributed by atoms with van der Waals surface area (Å²) in [6.45, 7) is 5.75. The van der Waals surface area contributed by atoms with Crippen molar-refractivity contribution in [2.45, 2.75) is 272 Å². The zero-order chi connectivity index (χ0) is 83.5. The molecule has 15 amide bonds. The minimum Gasteiger partial charge on any atom is -0.481 e. The molecule has 6 unspecified atom stereocenters. The fourth-order valence-corrected chi connectivity index (χ4v) is 19.4. The van der Waals surface area contributed by atoms with E-state index in [1.807, 2.05) is 0 Å². The van der Waals surface area contributed by atoms with Crippen molar-refractivity contribution in [3.05, 3.63) is 0 Å². The Morgan fingerprint density at radius 3 is 1.65 bits per heavy atom. The standard InChI is InChI=1S/C74H119N17O20S3/c1-37(2)26-50-67(104)81-47(21-22-59(75)94)64(101)84-52(28-41-32-77-45-18-11-9-16-43(41)45)66(103)79-38(3)63(100)90-57(74(111)91-24-13-20-58(91)73(110)87-51(27-40-14-7-6-8-15-40)68(105)82-49(62(76)99)30-60(95)96)36-114-113-35-56(72(109)85-53(69(106)83-50)29-42-33-78-46-19-12-10-17-44(42)46)89-70(107)54(31-61(97)98)86-71(108)55(34-92)88-65(102)48(23-25-112-5)80-39(4)93/h37-38,40-58,77-78,92H,6-36H2,1-5H3,(H2,75,94)(H2,76,99)(H,79,103)(H,80,93)(H,81,104)(H,82,105)(H,83,106)(H,84,101)(H,85,109)(H,86,108)(H,87,110)(H,88,102)(H,89,107)(H,90,100)(H,95,96)(H,97,98)/t38-,41?,42?,43?,44?,45?,46?,47-,48-,49-,50-,51-,52-,53-,54-,55-,56-,57-,58-/m0/s1. The highest BCUT2D eigenvalue weighted by Crippen LogP contribution is 2.39. The molecule has 7 rings (SSSR count). The first-order valence-electron chi connectivity index (χ1n) is 40.0. The van der Waals surface area contributed by atoms with Gasteiger partial charge in [-0.15, -0.1) is 0 Å². The summed E-state index contributed by atoms with van der Waals surface area (Å²) in [4.78, 5) is 240. The monoisotopic (exact) mass is 1660 g/mol. The maximum absolute atomic E-state index is 15.5. The molecule has 4 heterocycles. The topological polar surface area (TPSA) is 575 Å². The van der Waals surface area contributed by atoms with E-state index in [2.05, 4.69) is 74.4 Å². The summed E-state index contributed by atoms with van der Waals surface area (Å²) in [6.07, 6.45) is 10.3. The van der Waals surface area contributed by atoms with Gasteiger partial charge in [0, 0.05) is 43.5 Å². The Hall–Kier alpha value is -8.08. The number of hydrogen-bond acceptors (Lipinski definition) is 23. The van der Waals surface area contributed by atoms with Gasteiger partial charge in [0.2, 0.25) is 88.6 Å². The summed E-state index contributed by atoms with van der Waals surface area (Å²) in [6, 6.07) is -20.0. The second-order valence-electron chi connectivity index (χ2n) is 31.7. The molecular formula is C74H119N17O20S3. The van der Waals surface area contributed by atoms with Gasteiger partial charge in [-0.3, -0.25) is 81.5 Å². The first kappa shape index (κ1) is 93.1. The fourth-order valence-electron chi connectivity index (χ4n) is 16.6. The lowest BCUT2D eigenvalue weighted by Gasteiger charge is -2.32. The van der Waals surface area contributed by atoms with Gasteiger partial charge in [-0.1, -0.05) is 93.2 Å². The van der Waals surface area contributed by atoms with Crippen molar-refractivity contribution < 1.29 is 96.8 Å². The molecule has 4 saturated heterocycles. The van der Waals surface area contributed by atoms with Crippen molar-refractivity contribution in [2.24, 2.45) is 47.0 Å². The molecule has 7 fully saturated rings. The van der Waals surface area contributed by atoms with Crippen LogP contribution < -0.4 is 85.9 Å². The number of thioether (sulfide) groups is 1. The highest BCUT2D eigenvalue weighted by atomic mass is 33.1. The number of nitrogens with two attached hydrogens (primary N) is 2. The van der Waals surface area contributed by atoms with Gasteiger partial charge in [-0.25, -0.2) is 0 Å². The van der Waals surface area contributed by atoms with Crippen molar-refractivity contribution in [1.29, 1.82) is 0 Å². The summed E-state index contributed by atoms with van der Waals surface area (Å²) in [5.41, 5.74) is 11.2. The summed E-state index contributed by atoms with van der Waals surface area (Å²) in [7, 11) is 1.69. The lowest BCUT2D eigenvalue weighted by atomic mass is 9.77. The minimum atomic E-state index is -2.06. The second-order valence-corrected chi connectivity index (χ2v) is 35.2. The molecule has 0 radical (unpaired) electrons. The zero-order valence-corrected chi connectivity index (χ0v) is 68.1. The molecular weight excluding hydrogens is 1540 g/mol. The maximum Gasteiger partial charge on any atom is 0.305 e. The lowest BCUT2D eigenvalue weighted by molar-refractivity contribution is -0.142. The third-order valence-corrected chi connectivity index (χ3v) is 25.7. The quantitative estimate of drug-likeness (QED) is 0.0299. The van der Waals surface area contributed by atoms with Crippen LogP contribution in [0.1, 0.15) is 182 Å². The number of carbonyl (C=O) groups excluding carboxylic acids is 15. The van der Waals surface area contributed by atoms with E-state index in [1.54, 1.807) is 20.1 Å². The van der Waals surface area contributed by atoms with Crippen LogP contribution in [0.15, 0.2) is 0 Å². The largest absolute Gasteiger partial charge is 0.481 e. The molecule has 0 aromatic carbocycles. The molecule has 114 heavy (non-hydrogen) atoms. The molecule has 19 atom stereocenters. The molecule has 638 valence electrons. The first-order chi connectivity index (χ1) is 54.2. The van der Waals surface area contributed by atoms with Crippen molar-refractivity contribution in [3.63, 3.8) is 0 Å². The van der Waals surface area contributed by atoms with Crippen LogP contribution in [-0.4, -0.2) is 261 Å². The minimum absolute atomic E-state index is 0.0248. The van der Waals surface area contributed by atoms with Gasteiger partial charge in [-0.2, -0.15) is 11.8 Å². The van der Waals surface area contributed by atoms with E-state index in [1.165, 1.54) is 23.6 Å². The zero-order valence-electron chi connectivity index (χ0n) is 65.7. The molecule has 3 aliphatic carbocycles. The van der Waals surface area contributed by atoms with Crippen LogP contribution in [0.3, 0.4) is 0 Å². The highest BCUT2D eigenvalue weighted by Gasteiger charge is 2.46. The number of aliphatic hydroxyl groups is 1. The van der Waals surface area contributed by atoms with Crippen LogP contribution >= 0.6 is 33.3 Å². The number of aliphatic carboxylic acids is 2. The van der Waals surface area contributed by atoms with Crippen LogP contribution in [0.5, 0.6) is 0 Å². The van der Waals surface area contributed by atoms with E-state index in [4.69, 9.17) is 11.5 Å². The molecule has 40 heteroatoms. The summed E-state index contributed by atoms with van der Waals surface area (Å²) in [5, 5.41) is 68.6. The number of primary amides is 2. The van der Waals surface area contributed by atoms with E-state index in [9.17, 15) is 77.6 Å². The number of aliphatic hydroxyl groups excluding tert-OH is 1. The molecule has 21 N–H and O–H groups in total. The van der Waals surface area contributed by atoms with Crippen LogP contribution in [0, 0.1) is 35.5 Å². The number of hydrogen-bond donors (Lipinski definition) is 19. The Bertz CT molecular complexity index is 3430. The van der Waals surface area contributed by atoms with Crippen LogP contribution in [0.4, 0.5) is 0 Å². The Balaban J connectivity index is 1.29. The molecule has 37 nitrogen and oxygen atoms in total. The maximum atomic E-state index is 15.5. The van der Waals surface area contributed by atoms with E-state index in [-0.39, 0.29) is 106 Å². The predicted molar refractivity (Wildman–Crippen MR) is 421 cm³/mol. The van der Waals surface area contributed by atoms with E-state index < -0.39 is 216 Å². The van der Waals surface area contributed by atoms with E-state index in [0.29, 0.717) is 31.7 Å². The Morgan fingerprint density at radius 2 is 1.07 bits per heavy atom. The SMILES string of the molecule is CSCC[C@H](NC(C)=O)C(=O)N[C@@H](CO)C(=O)N[C@@H](CC(=O)O)C(=O)N[C@H]1CSSC[C@@H](C(=O)N2CCC[C@H]2C(=O)N[C@@H](CC2CCCCC2)C(=O)N[C@@H](CC(=O)O)C(N)=O)NC(=O)[C@H](C)NC(=O)[C@H](CC2CNC3CCCCC23)NC(=O)[C@H](CCC(N)=O)NC(=O)[C@H](CC(C)C)NC(=O)[C@H](CC2CNC3CCCCC23)NC1=O. The molecule has 0 bridgehead atoms. The number of fused-ring (bicyclic) bond motifs is 2. The van der Waals surface area contributed by atoms with Crippen molar-refractivity contribution in [1.82, 2.24) is 79.3 Å². The van der Waals surface area contributed by atoms with Crippen molar-refractivity contribution >= 4 is 134 Å².